The van der Waals surface area contributed by atoms with Crippen molar-refractivity contribution in [2.75, 3.05) is 0 Å². The van der Waals surface area contributed by atoms with Crippen molar-refractivity contribution in [3.8, 4) is 11.7 Å². The van der Waals surface area contributed by atoms with Gasteiger partial charge in [-0.2, -0.15) is 0 Å². The topological polar surface area (TPSA) is 100 Å². The fourth-order valence-corrected chi connectivity index (χ4v) is 2.57. The highest BCUT2D eigenvalue weighted by Crippen LogP contribution is 2.30. The van der Waals surface area contributed by atoms with Gasteiger partial charge in [0.25, 0.3) is 5.95 Å². The quantitative estimate of drug-likeness (QED) is 0.602. The Bertz CT molecular complexity index is 886. The summed E-state index contributed by atoms with van der Waals surface area (Å²) in [6.07, 6.45) is 0.347. The molecule has 0 bridgehead atoms. The van der Waals surface area contributed by atoms with E-state index in [4.69, 9.17) is 16.0 Å². The lowest BCUT2D eigenvalue weighted by Gasteiger charge is -2.10. The van der Waals surface area contributed by atoms with E-state index in [-0.39, 0.29) is 24.2 Å². The van der Waals surface area contributed by atoms with Crippen LogP contribution in [0, 0.1) is 0 Å². The number of hydrogen-bond donors (Lipinski definition) is 2. The van der Waals surface area contributed by atoms with Gasteiger partial charge in [-0.3, -0.25) is 9.79 Å². The van der Waals surface area contributed by atoms with Crippen molar-refractivity contribution in [3.63, 3.8) is 0 Å². The van der Waals surface area contributed by atoms with Crippen LogP contribution < -0.4 is 5.63 Å². The summed E-state index contributed by atoms with van der Waals surface area (Å²) in [5.74, 6) is -2.04. The number of Topliss-reactive ketones (excluding diaryl/α,β-unsaturated/α-hetero) is 1. The van der Waals surface area contributed by atoms with Gasteiger partial charge in [-0.05, 0) is 18.1 Å². The number of aliphatic imine (C=N–C) groups is 1. The smallest absolute Gasteiger partial charge is 0.351 e. The molecule has 2 aromatic rings. The van der Waals surface area contributed by atoms with Crippen LogP contribution in [0.3, 0.4) is 0 Å². The highest BCUT2D eigenvalue weighted by molar-refractivity contribution is 6.31. The molecule has 25 heavy (non-hydrogen) atoms. The van der Waals surface area contributed by atoms with Gasteiger partial charge in [0.1, 0.15) is 16.9 Å². The van der Waals surface area contributed by atoms with Gasteiger partial charge < -0.3 is 14.6 Å². The third kappa shape index (κ3) is 3.91. The molecule has 1 aromatic heterocycles. The molecule has 1 heterocycles. The summed E-state index contributed by atoms with van der Waals surface area (Å²) in [5.41, 5.74) is -0.568. The molecule has 2 rings (SSSR count). The predicted molar refractivity (Wildman–Crippen MR) is 94.9 cm³/mol. The standard InChI is InChI=1S/C18H18ClNO5/c1-3-12(20-9-10-7-5-6-8-11(10)19)14-16(22)15(13(21)4-2)18(24)25-17(14)23/h5-8,22,24H,3-4,9H2,1-2H3. The van der Waals surface area contributed by atoms with E-state index >= 15 is 0 Å². The number of nitrogens with zero attached hydrogens (tertiary/aromatic N) is 1. The van der Waals surface area contributed by atoms with Crippen molar-refractivity contribution in [3.05, 3.63) is 56.4 Å². The molecule has 0 spiro atoms. The van der Waals surface area contributed by atoms with Crippen LogP contribution in [0.5, 0.6) is 11.7 Å². The first-order valence-electron chi connectivity index (χ1n) is 7.79. The van der Waals surface area contributed by atoms with Crippen molar-refractivity contribution in [2.24, 2.45) is 4.99 Å². The Morgan fingerprint density at radius 1 is 1.16 bits per heavy atom. The highest BCUT2D eigenvalue weighted by atomic mass is 35.5. The second-order valence-electron chi connectivity index (χ2n) is 5.28. The van der Waals surface area contributed by atoms with E-state index in [1.807, 2.05) is 6.07 Å². The van der Waals surface area contributed by atoms with Crippen LogP contribution >= 0.6 is 11.6 Å². The number of hydrogen-bond acceptors (Lipinski definition) is 6. The summed E-state index contributed by atoms with van der Waals surface area (Å²) in [7, 11) is 0. The first kappa shape index (κ1) is 18.7. The van der Waals surface area contributed by atoms with E-state index < -0.39 is 28.7 Å². The molecule has 0 radical (unpaired) electrons. The van der Waals surface area contributed by atoms with Crippen LogP contribution in [0.2, 0.25) is 5.02 Å². The van der Waals surface area contributed by atoms with Crippen LogP contribution in [-0.4, -0.2) is 21.7 Å². The maximum absolute atomic E-state index is 12.1. The van der Waals surface area contributed by atoms with Crippen molar-refractivity contribution >= 4 is 23.1 Å². The van der Waals surface area contributed by atoms with E-state index in [1.165, 1.54) is 0 Å². The zero-order valence-corrected chi connectivity index (χ0v) is 14.6. The second kappa shape index (κ2) is 7.98. The highest BCUT2D eigenvalue weighted by Gasteiger charge is 2.25. The van der Waals surface area contributed by atoms with Gasteiger partial charge in [0, 0.05) is 11.4 Å². The maximum Gasteiger partial charge on any atom is 0.351 e. The summed E-state index contributed by atoms with van der Waals surface area (Å²) in [4.78, 5) is 28.4. The zero-order chi connectivity index (χ0) is 18.6. The molecule has 132 valence electrons. The van der Waals surface area contributed by atoms with Crippen LogP contribution in [0.1, 0.15) is 48.2 Å². The van der Waals surface area contributed by atoms with E-state index in [0.717, 1.165) is 5.56 Å². The van der Waals surface area contributed by atoms with Gasteiger partial charge >= 0.3 is 5.63 Å². The van der Waals surface area contributed by atoms with Gasteiger partial charge in [0.2, 0.25) is 0 Å². The molecule has 6 nitrogen and oxygen atoms in total. The van der Waals surface area contributed by atoms with E-state index in [9.17, 15) is 19.8 Å². The lowest BCUT2D eigenvalue weighted by Crippen LogP contribution is -2.17. The minimum Gasteiger partial charge on any atom is -0.506 e. The molecule has 0 unspecified atom stereocenters. The van der Waals surface area contributed by atoms with Gasteiger partial charge in [-0.25, -0.2) is 4.79 Å². The molecule has 0 saturated heterocycles. The third-order valence-corrected chi connectivity index (χ3v) is 4.07. The van der Waals surface area contributed by atoms with Gasteiger partial charge in [-0.1, -0.05) is 43.6 Å². The third-order valence-electron chi connectivity index (χ3n) is 3.70. The second-order valence-corrected chi connectivity index (χ2v) is 5.69. The van der Waals surface area contributed by atoms with Gasteiger partial charge in [0.05, 0.1) is 12.3 Å². The molecule has 0 fully saturated rings. The van der Waals surface area contributed by atoms with Crippen LogP contribution in [-0.2, 0) is 6.54 Å². The summed E-state index contributed by atoms with van der Waals surface area (Å²) in [6, 6.07) is 7.12. The Hall–Kier alpha value is -2.60. The number of rotatable bonds is 6. The number of ketones is 1. The minimum absolute atomic E-state index is 0.0342. The summed E-state index contributed by atoms with van der Waals surface area (Å²) >= 11 is 6.09. The van der Waals surface area contributed by atoms with Gasteiger partial charge in [-0.15, -0.1) is 0 Å². The van der Waals surface area contributed by atoms with Crippen LogP contribution in [0.25, 0.3) is 0 Å². The van der Waals surface area contributed by atoms with Crippen molar-refractivity contribution in [1.82, 2.24) is 0 Å². The summed E-state index contributed by atoms with van der Waals surface area (Å²) in [5, 5.41) is 20.6. The molecular weight excluding hydrogens is 346 g/mol. The molecule has 0 aliphatic heterocycles. The van der Waals surface area contributed by atoms with Crippen LogP contribution in [0.4, 0.5) is 0 Å². The first-order chi connectivity index (χ1) is 11.9. The Morgan fingerprint density at radius 3 is 2.44 bits per heavy atom. The lowest BCUT2D eigenvalue weighted by atomic mass is 10.0. The van der Waals surface area contributed by atoms with Crippen molar-refractivity contribution in [2.45, 2.75) is 33.2 Å². The van der Waals surface area contributed by atoms with E-state index in [0.29, 0.717) is 11.4 Å². The maximum atomic E-state index is 12.1. The fraction of sp³-hybridized carbons (Fsp3) is 0.278. The van der Waals surface area contributed by atoms with Crippen molar-refractivity contribution < 1.29 is 19.4 Å². The Labute approximate surface area is 149 Å². The lowest BCUT2D eigenvalue weighted by molar-refractivity contribution is 0.0976. The largest absolute Gasteiger partial charge is 0.506 e. The summed E-state index contributed by atoms with van der Waals surface area (Å²) < 4.78 is 4.71. The Kier molecular flexibility index (Phi) is 5.98. The molecule has 0 amide bonds. The van der Waals surface area contributed by atoms with Gasteiger partial charge in [0.15, 0.2) is 5.78 Å². The number of halogens is 1. The summed E-state index contributed by atoms with van der Waals surface area (Å²) in [6.45, 7) is 3.51. The van der Waals surface area contributed by atoms with E-state index in [2.05, 4.69) is 4.99 Å². The number of carbonyl (C=O) groups is 1. The molecule has 1 aromatic carbocycles. The Morgan fingerprint density at radius 2 is 1.84 bits per heavy atom. The van der Waals surface area contributed by atoms with E-state index in [1.54, 1.807) is 32.0 Å². The minimum atomic E-state index is -0.956. The zero-order valence-electron chi connectivity index (χ0n) is 13.9. The SMILES string of the molecule is CCC(=O)c1c(O)oc(=O)c(C(CC)=NCc2ccccc2Cl)c1O. The monoisotopic (exact) mass is 363 g/mol. The Balaban J connectivity index is 2.54. The normalized spacial score (nSPS) is 11.6. The predicted octanol–water partition coefficient (Wildman–Crippen LogP) is 3.70. The molecule has 0 saturated carbocycles. The number of aromatic hydroxyl groups is 2. The molecule has 0 atom stereocenters. The first-order valence-corrected chi connectivity index (χ1v) is 8.17. The average molecular weight is 364 g/mol. The van der Waals surface area contributed by atoms with Crippen LogP contribution in [0.15, 0.2) is 38.5 Å². The number of benzene rings is 1. The fourth-order valence-electron chi connectivity index (χ4n) is 2.37. The molecule has 0 aliphatic rings. The molecule has 2 N–H and O–H groups in total. The van der Waals surface area contributed by atoms with Crippen molar-refractivity contribution in [1.29, 1.82) is 0 Å². The molecular formula is C18H18ClNO5. The molecule has 7 heteroatoms. The molecule has 0 aliphatic carbocycles. The average Bonchev–Trinajstić information content (AvgIpc) is 2.58. The number of carbonyl (C=O) groups excluding carboxylic acids is 1.